The van der Waals surface area contributed by atoms with Gasteiger partial charge in [0.15, 0.2) is 10.9 Å². The predicted molar refractivity (Wildman–Crippen MR) is 112 cm³/mol. The summed E-state index contributed by atoms with van der Waals surface area (Å²) < 4.78 is 7.53. The zero-order valence-corrected chi connectivity index (χ0v) is 17.6. The van der Waals surface area contributed by atoms with Crippen LogP contribution in [0.3, 0.4) is 0 Å². The van der Waals surface area contributed by atoms with Crippen molar-refractivity contribution in [2.24, 2.45) is 12.1 Å². The molecule has 4 rings (SSSR count). The van der Waals surface area contributed by atoms with Gasteiger partial charge in [-0.25, -0.2) is 10.1 Å². The quantitative estimate of drug-likeness (QED) is 0.154. The van der Waals surface area contributed by atoms with Crippen molar-refractivity contribution >= 4 is 35.4 Å². The van der Waals surface area contributed by atoms with Crippen LogP contribution in [-0.2, 0) is 12.8 Å². The first-order chi connectivity index (χ1) is 16.0. The largest absolute Gasteiger partial charge is 0.378 e. The monoisotopic (exact) mass is 470 g/mol. The molecule has 1 amide bonds. The van der Waals surface area contributed by atoms with Gasteiger partial charge in [-0.3, -0.25) is 14.9 Å². The molecule has 3 heterocycles. The number of nitro benzene ring substituents is 1. The third-order valence-electron chi connectivity index (χ3n) is 4.19. The lowest BCUT2D eigenvalue weighted by atomic mass is 10.2. The number of nitrogens with one attached hydrogen (secondary N) is 1. The molecular weight excluding hydrogens is 456 g/mol. The van der Waals surface area contributed by atoms with Crippen molar-refractivity contribution in [3.63, 3.8) is 0 Å². The van der Waals surface area contributed by atoms with Crippen LogP contribution in [-0.4, -0.2) is 57.1 Å². The topological polar surface area (TPSA) is 211 Å². The van der Waals surface area contributed by atoms with Crippen molar-refractivity contribution in [2.45, 2.75) is 10.9 Å². The molecule has 0 aliphatic carbocycles. The summed E-state index contributed by atoms with van der Waals surface area (Å²) in [5, 5.41) is 38.3. The molecule has 0 fully saturated rings. The number of para-hydroxylation sites is 1. The van der Waals surface area contributed by atoms with Crippen LogP contribution in [0, 0.1) is 10.1 Å². The molecule has 0 spiro atoms. The number of nitro groups is 1. The first-order valence-corrected chi connectivity index (χ1v) is 10.0. The van der Waals surface area contributed by atoms with Crippen LogP contribution < -0.4 is 11.2 Å². The van der Waals surface area contributed by atoms with Crippen LogP contribution in [0.5, 0.6) is 0 Å². The van der Waals surface area contributed by atoms with E-state index in [-0.39, 0.29) is 34.3 Å². The molecule has 0 saturated carbocycles. The fourth-order valence-corrected chi connectivity index (χ4v) is 3.51. The summed E-state index contributed by atoms with van der Waals surface area (Å²) in [5.74, 6) is -0.521. The van der Waals surface area contributed by atoms with Gasteiger partial charge in [-0.15, -0.1) is 15.3 Å². The average Bonchev–Trinajstić information content (AvgIpc) is 3.52. The van der Waals surface area contributed by atoms with Gasteiger partial charge in [0.05, 0.1) is 22.4 Å². The number of thioether (sulfide) groups is 1. The maximum Gasteiger partial charge on any atom is 0.293 e. The Morgan fingerprint density at radius 3 is 2.88 bits per heavy atom. The molecule has 3 N–H and O–H groups in total. The van der Waals surface area contributed by atoms with E-state index < -0.39 is 10.8 Å². The lowest BCUT2D eigenvalue weighted by Gasteiger charge is -2.05. The van der Waals surface area contributed by atoms with Gasteiger partial charge in [0.2, 0.25) is 11.6 Å². The number of aromatic nitrogens is 8. The van der Waals surface area contributed by atoms with E-state index in [1.165, 1.54) is 41.0 Å². The Bertz CT molecular complexity index is 1340. The second kappa shape index (κ2) is 9.22. The number of amides is 1. The smallest absolute Gasteiger partial charge is 0.293 e. The highest BCUT2D eigenvalue weighted by Gasteiger charge is 2.24. The Balaban J connectivity index is 1.59. The Morgan fingerprint density at radius 1 is 1.36 bits per heavy atom. The van der Waals surface area contributed by atoms with Gasteiger partial charge >= 0.3 is 0 Å². The highest BCUT2D eigenvalue weighted by Crippen LogP contribution is 2.24. The van der Waals surface area contributed by atoms with E-state index >= 15 is 0 Å². The minimum absolute atomic E-state index is 0.0498. The minimum Gasteiger partial charge on any atom is -0.378 e. The molecule has 16 nitrogen and oxygen atoms in total. The second-order valence-electron chi connectivity index (χ2n) is 6.30. The standard InChI is InChI=1S/C16H14N12O4S/c1-26-8-19-22-16(26)33-7-11-12(20-25-27(11)14-13(17)23-32-24-14)15(29)21-18-6-9-4-2-3-5-10(9)28(30)31/h2-6,8H,7H2,1H3,(H2,17,23)(H,21,29). The number of carbonyl (C=O) groups excluding carboxylic acids is 1. The van der Waals surface area contributed by atoms with Gasteiger partial charge in [0.1, 0.15) is 6.33 Å². The number of hydrazone groups is 1. The number of aryl methyl sites for hydroxylation is 1. The molecule has 0 atom stereocenters. The lowest BCUT2D eigenvalue weighted by molar-refractivity contribution is -0.385. The molecular formula is C16H14N12O4S. The number of hydrogen-bond acceptors (Lipinski definition) is 13. The van der Waals surface area contributed by atoms with Crippen LogP contribution in [0.25, 0.3) is 5.82 Å². The lowest BCUT2D eigenvalue weighted by Crippen LogP contribution is -2.20. The normalized spacial score (nSPS) is 11.2. The molecule has 4 aromatic rings. The summed E-state index contributed by atoms with van der Waals surface area (Å²) in [6.45, 7) is 0. The molecule has 0 radical (unpaired) electrons. The van der Waals surface area contributed by atoms with Crippen LogP contribution in [0.15, 0.2) is 45.5 Å². The summed E-state index contributed by atoms with van der Waals surface area (Å²) in [6.07, 6.45) is 2.69. The Hall–Kier alpha value is -4.67. The number of nitrogens with two attached hydrogens (primary N) is 1. The number of nitrogen functional groups attached to an aromatic ring is 1. The molecule has 1 aromatic carbocycles. The number of rotatable bonds is 8. The summed E-state index contributed by atoms with van der Waals surface area (Å²) in [5.41, 5.74) is 8.34. The van der Waals surface area contributed by atoms with Crippen molar-refractivity contribution in [2.75, 3.05) is 5.73 Å². The summed E-state index contributed by atoms with van der Waals surface area (Å²) in [4.78, 5) is 23.3. The van der Waals surface area contributed by atoms with Crippen molar-refractivity contribution in [1.29, 1.82) is 0 Å². The van der Waals surface area contributed by atoms with E-state index in [0.29, 0.717) is 10.9 Å². The Kier molecular flexibility index (Phi) is 6.02. The number of nitrogens with zero attached hydrogens (tertiary/aromatic N) is 10. The summed E-state index contributed by atoms with van der Waals surface area (Å²) in [6, 6.07) is 5.96. The highest BCUT2D eigenvalue weighted by atomic mass is 32.2. The third-order valence-corrected chi connectivity index (χ3v) is 5.23. The van der Waals surface area contributed by atoms with E-state index in [2.05, 4.69) is 46.0 Å². The molecule has 33 heavy (non-hydrogen) atoms. The van der Waals surface area contributed by atoms with E-state index in [0.717, 1.165) is 6.21 Å². The number of anilines is 1. The fourth-order valence-electron chi connectivity index (χ4n) is 2.63. The average molecular weight is 470 g/mol. The maximum atomic E-state index is 12.8. The zero-order chi connectivity index (χ0) is 23.4. The van der Waals surface area contributed by atoms with Gasteiger partial charge in [-0.2, -0.15) is 9.78 Å². The SMILES string of the molecule is Cn1cnnc1SCc1c(C(=O)NN=Cc2ccccc2[N+](=O)[O-])nnn1-c1nonc1N. The molecule has 0 unspecified atom stereocenters. The highest BCUT2D eigenvalue weighted by molar-refractivity contribution is 7.98. The zero-order valence-electron chi connectivity index (χ0n) is 16.8. The van der Waals surface area contributed by atoms with E-state index in [4.69, 9.17) is 5.73 Å². The van der Waals surface area contributed by atoms with E-state index in [1.807, 2.05) is 0 Å². The summed E-state index contributed by atoms with van der Waals surface area (Å²) >= 11 is 1.26. The Labute approximate surface area is 188 Å². The van der Waals surface area contributed by atoms with Crippen LogP contribution >= 0.6 is 11.8 Å². The maximum absolute atomic E-state index is 12.8. The first kappa shape index (κ1) is 21.6. The van der Waals surface area contributed by atoms with Gasteiger partial charge in [-0.1, -0.05) is 29.1 Å². The van der Waals surface area contributed by atoms with Crippen molar-refractivity contribution < 1.29 is 14.3 Å². The van der Waals surface area contributed by atoms with Crippen LogP contribution in [0.2, 0.25) is 0 Å². The number of hydrogen-bond donors (Lipinski definition) is 2. The van der Waals surface area contributed by atoms with Crippen LogP contribution in [0.1, 0.15) is 21.7 Å². The Morgan fingerprint density at radius 2 is 2.18 bits per heavy atom. The van der Waals surface area contributed by atoms with Gasteiger partial charge in [-0.05, 0) is 16.4 Å². The third kappa shape index (κ3) is 4.51. The predicted octanol–water partition coefficient (Wildman–Crippen LogP) is 0.325. The molecule has 3 aromatic heterocycles. The van der Waals surface area contributed by atoms with Gasteiger partial charge in [0, 0.05) is 18.9 Å². The molecule has 0 bridgehead atoms. The number of carbonyl (C=O) groups is 1. The molecule has 168 valence electrons. The second-order valence-corrected chi connectivity index (χ2v) is 7.24. The van der Waals surface area contributed by atoms with Gasteiger partial charge in [0.25, 0.3) is 11.6 Å². The fraction of sp³-hybridized carbons (Fsp3) is 0.125. The molecule has 0 aliphatic rings. The van der Waals surface area contributed by atoms with Crippen molar-refractivity contribution in [3.05, 3.63) is 57.7 Å². The molecule has 17 heteroatoms. The molecule has 0 saturated heterocycles. The minimum atomic E-state index is -0.709. The number of benzene rings is 1. The van der Waals surface area contributed by atoms with Gasteiger partial charge < -0.3 is 10.3 Å². The van der Waals surface area contributed by atoms with E-state index in [9.17, 15) is 14.9 Å². The van der Waals surface area contributed by atoms with Crippen molar-refractivity contribution in [3.8, 4) is 5.82 Å². The van der Waals surface area contributed by atoms with Crippen LogP contribution in [0.4, 0.5) is 11.5 Å². The van der Waals surface area contributed by atoms with Crippen molar-refractivity contribution in [1.82, 2.24) is 45.5 Å². The van der Waals surface area contributed by atoms with E-state index in [1.54, 1.807) is 17.7 Å². The first-order valence-electron chi connectivity index (χ1n) is 9.02. The molecule has 0 aliphatic heterocycles. The summed E-state index contributed by atoms with van der Waals surface area (Å²) in [7, 11) is 1.77.